The Morgan fingerprint density at radius 1 is 1.14 bits per heavy atom. The van der Waals surface area contributed by atoms with Crippen LogP contribution in [0.1, 0.15) is 29.8 Å². The summed E-state index contributed by atoms with van der Waals surface area (Å²) in [5.41, 5.74) is 1.90. The number of ether oxygens (including phenoxy) is 2. The molecular formula is C21H20N2O4S. The molecule has 0 aliphatic carbocycles. The second-order valence-electron chi connectivity index (χ2n) is 6.22. The molecule has 0 atom stereocenters. The summed E-state index contributed by atoms with van der Waals surface area (Å²) in [4.78, 5) is 28.8. The van der Waals surface area contributed by atoms with E-state index < -0.39 is 5.97 Å². The van der Waals surface area contributed by atoms with E-state index in [9.17, 15) is 9.59 Å². The molecule has 0 unspecified atom stereocenters. The molecule has 2 aromatic carbocycles. The van der Waals surface area contributed by atoms with E-state index in [1.807, 2.05) is 38.1 Å². The van der Waals surface area contributed by atoms with Crippen molar-refractivity contribution in [3.05, 3.63) is 64.6 Å². The number of hydrogen-bond donors (Lipinski definition) is 1. The minimum atomic E-state index is -0.407. The molecule has 0 spiro atoms. The van der Waals surface area contributed by atoms with Gasteiger partial charge in [0.25, 0.3) is 5.91 Å². The Hall–Kier alpha value is -3.06. The quantitative estimate of drug-likeness (QED) is 0.607. The van der Waals surface area contributed by atoms with Crippen LogP contribution in [0, 0.1) is 0 Å². The number of esters is 1. The summed E-state index contributed by atoms with van der Waals surface area (Å²) >= 11 is 1.25. The predicted octanol–water partition coefficient (Wildman–Crippen LogP) is 4.15. The van der Waals surface area contributed by atoms with E-state index in [0.717, 1.165) is 11.3 Å². The summed E-state index contributed by atoms with van der Waals surface area (Å²) in [6.07, 6.45) is 1.83. The van der Waals surface area contributed by atoms with Crippen LogP contribution in [0.5, 0.6) is 5.75 Å². The molecule has 7 heteroatoms. The van der Waals surface area contributed by atoms with Crippen molar-refractivity contribution in [1.29, 1.82) is 0 Å². The molecule has 0 saturated carbocycles. The van der Waals surface area contributed by atoms with Crippen molar-refractivity contribution in [3.63, 3.8) is 0 Å². The highest BCUT2D eigenvalue weighted by atomic mass is 32.2. The van der Waals surface area contributed by atoms with E-state index in [0.29, 0.717) is 21.3 Å². The van der Waals surface area contributed by atoms with Gasteiger partial charge in [-0.3, -0.25) is 4.79 Å². The first kappa shape index (κ1) is 19.7. The first-order chi connectivity index (χ1) is 13.5. The lowest BCUT2D eigenvalue weighted by Gasteiger charge is -2.12. The average Bonchev–Trinajstić information content (AvgIpc) is 3.01. The van der Waals surface area contributed by atoms with Crippen molar-refractivity contribution in [2.45, 2.75) is 20.0 Å². The number of amides is 1. The smallest absolute Gasteiger partial charge is 0.337 e. The molecular weight excluding hydrogens is 376 g/mol. The highest BCUT2D eigenvalue weighted by Gasteiger charge is 2.24. The summed E-state index contributed by atoms with van der Waals surface area (Å²) < 4.78 is 10.5. The number of thioether (sulfide) groups is 1. The number of nitrogens with one attached hydrogen (secondary N) is 1. The fourth-order valence-corrected chi connectivity index (χ4v) is 3.32. The van der Waals surface area contributed by atoms with Gasteiger partial charge < -0.3 is 14.8 Å². The van der Waals surface area contributed by atoms with Gasteiger partial charge in [-0.05, 0) is 62.0 Å². The average molecular weight is 396 g/mol. The number of nitrogens with zero attached hydrogens (tertiary/aromatic N) is 1. The van der Waals surface area contributed by atoms with E-state index in [1.54, 1.807) is 30.3 Å². The fourth-order valence-electron chi connectivity index (χ4n) is 2.49. The molecule has 1 fully saturated rings. The Balaban J connectivity index is 1.79. The third-order valence-electron chi connectivity index (χ3n) is 3.74. The van der Waals surface area contributed by atoms with Crippen LogP contribution in [0.3, 0.4) is 0 Å². The number of carbonyl (C=O) groups excluding carboxylic acids is 2. The van der Waals surface area contributed by atoms with E-state index >= 15 is 0 Å². The van der Waals surface area contributed by atoms with Gasteiger partial charge in [0.05, 0.1) is 29.4 Å². The largest absolute Gasteiger partial charge is 0.490 e. The van der Waals surface area contributed by atoms with Crippen LogP contribution in [0.25, 0.3) is 6.08 Å². The maximum Gasteiger partial charge on any atom is 0.337 e. The van der Waals surface area contributed by atoms with Crippen LogP contribution >= 0.6 is 11.8 Å². The van der Waals surface area contributed by atoms with E-state index in [2.05, 4.69) is 15.0 Å². The number of para-hydroxylation sites is 1. The molecule has 1 amide bonds. The molecule has 3 rings (SSSR count). The molecule has 0 radical (unpaired) electrons. The lowest BCUT2D eigenvalue weighted by atomic mass is 10.2. The lowest BCUT2D eigenvalue weighted by Crippen LogP contribution is -2.19. The van der Waals surface area contributed by atoms with Gasteiger partial charge in [-0.1, -0.05) is 18.2 Å². The molecule has 0 bridgehead atoms. The summed E-state index contributed by atoms with van der Waals surface area (Å²) in [6, 6.07) is 14.2. The Morgan fingerprint density at radius 2 is 1.86 bits per heavy atom. The van der Waals surface area contributed by atoms with Crippen molar-refractivity contribution in [3.8, 4) is 5.75 Å². The molecule has 0 aromatic heterocycles. The number of benzene rings is 2. The molecule has 1 aliphatic heterocycles. The maximum atomic E-state index is 12.3. The van der Waals surface area contributed by atoms with Gasteiger partial charge in [0, 0.05) is 5.56 Å². The zero-order chi connectivity index (χ0) is 20.1. The van der Waals surface area contributed by atoms with Crippen LogP contribution in [0.2, 0.25) is 0 Å². The number of carbonyl (C=O) groups is 2. The first-order valence-corrected chi connectivity index (χ1v) is 9.51. The molecule has 1 aliphatic rings. The lowest BCUT2D eigenvalue weighted by molar-refractivity contribution is -0.115. The van der Waals surface area contributed by atoms with Gasteiger partial charge >= 0.3 is 5.97 Å². The standard InChI is InChI=1S/C21H20N2O4S/c1-13(2)27-17-7-5-4-6-15(17)12-18-19(24)23-21(28-18)22-16-10-8-14(9-11-16)20(25)26-3/h4-13H,1-3H3,(H,22,23,24)/b18-12+. The number of rotatable bonds is 5. The van der Waals surface area contributed by atoms with Crippen molar-refractivity contribution < 1.29 is 19.1 Å². The normalized spacial score (nSPS) is 16.5. The summed E-state index contributed by atoms with van der Waals surface area (Å²) in [5, 5.41) is 3.23. The minimum absolute atomic E-state index is 0.0368. The van der Waals surface area contributed by atoms with Crippen molar-refractivity contribution in [2.24, 2.45) is 4.99 Å². The van der Waals surface area contributed by atoms with Crippen LogP contribution in [0.15, 0.2) is 58.4 Å². The zero-order valence-electron chi connectivity index (χ0n) is 15.8. The van der Waals surface area contributed by atoms with Gasteiger partial charge in [-0.25, -0.2) is 9.79 Å². The third kappa shape index (κ3) is 4.80. The van der Waals surface area contributed by atoms with Crippen molar-refractivity contribution >= 4 is 40.6 Å². The third-order valence-corrected chi connectivity index (χ3v) is 4.65. The number of aliphatic imine (C=N–C) groups is 1. The highest BCUT2D eigenvalue weighted by Crippen LogP contribution is 2.31. The zero-order valence-corrected chi connectivity index (χ0v) is 16.6. The van der Waals surface area contributed by atoms with Crippen molar-refractivity contribution in [2.75, 3.05) is 7.11 Å². The molecule has 28 heavy (non-hydrogen) atoms. The van der Waals surface area contributed by atoms with Gasteiger partial charge in [0.1, 0.15) is 5.75 Å². The van der Waals surface area contributed by atoms with Crippen LogP contribution in [0.4, 0.5) is 5.69 Å². The molecule has 2 aromatic rings. The Morgan fingerprint density at radius 3 is 2.54 bits per heavy atom. The summed E-state index contributed by atoms with van der Waals surface area (Å²) in [5.74, 6) is 0.103. The van der Waals surface area contributed by atoms with E-state index in [-0.39, 0.29) is 12.0 Å². The van der Waals surface area contributed by atoms with Gasteiger partial charge in [0.2, 0.25) is 0 Å². The Bertz CT molecular complexity index is 949. The topological polar surface area (TPSA) is 77.0 Å². The van der Waals surface area contributed by atoms with Gasteiger partial charge in [-0.2, -0.15) is 0 Å². The first-order valence-electron chi connectivity index (χ1n) is 8.70. The van der Waals surface area contributed by atoms with Crippen LogP contribution in [-0.2, 0) is 9.53 Å². The molecule has 144 valence electrons. The van der Waals surface area contributed by atoms with Gasteiger partial charge in [-0.15, -0.1) is 0 Å². The minimum Gasteiger partial charge on any atom is -0.490 e. The molecule has 6 nitrogen and oxygen atoms in total. The van der Waals surface area contributed by atoms with E-state index in [1.165, 1.54) is 18.9 Å². The summed E-state index contributed by atoms with van der Waals surface area (Å²) in [6.45, 7) is 3.91. The number of amidine groups is 1. The monoisotopic (exact) mass is 396 g/mol. The molecule has 1 heterocycles. The van der Waals surface area contributed by atoms with Crippen LogP contribution in [-0.4, -0.2) is 30.3 Å². The van der Waals surface area contributed by atoms with Crippen LogP contribution < -0.4 is 10.1 Å². The highest BCUT2D eigenvalue weighted by molar-refractivity contribution is 8.18. The molecule has 1 N–H and O–H groups in total. The fraction of sp³-hybridized carbons (Fsp3) is 0.190. The maximum absolute atomic E-state index is 12.3. The number of methoxy groups -OCH3 is 1. The SMILES string of the molecule is COC(=O)c1ccc(N=C2NC(=O)/C(=C\c3ccccc3OC(C)C)S2)cc1. The second-order valence-corrected chi connectivity index (χ2v) is 7.26. The Labute approximate surface area is 167 Å². The number of hydrogen-bond acceptors (Lipinski definition) is 6. The Kier molecular flexibility index (Phi) is 6.16. The van der Waals surface area contributed by atoms with E-state index in [4.69, 9.17) is 4.74 Å². The predicted molar refractivity (Wildman–Crippen MR) is 111 cm³/mol. The van der Waals surface area contributed by atoms with Crippen molar-refractivity contribution in [1.82, 2.24) is 5.32 Å². The molecule has 1 saturated heterocycles. The second kappa shape index (κ2) is 8.75. The van der Waals surface area contributed by atoms with Gasteiger partial charge in [0.15, 0.2) is 5.17 Å². The summed E-state index contributed by atoms with van der Waals surface area (Å²) in [7, 11) is 1.33.